The van der Waals surface area contributed by atoms with E-state index in [1.165, 1.54) is 4.88 Å². The van der Waals surface area contributed by atoms with Crippen LogP contribution in [0.2, 0.25) is 4.34 Å². The van der Waals surface area contributed by atoms with Crippen LogP contribution in [0.15, 0.2) is 53.3 Å². The van der Waals surface area contributed by atoms with Crippen LogP contribution in [-0.4, -0.2) is 51.7 Å². The number of aromatic nitrogens is 2. The number of rotatable bonds is 4. The maximum Gasteiger partial charge on any atom is 0.253 e. The molecule has 1 amide bonds. The van der Waals surface area contributed by atoms with Crippen molar-refractivity contribution in [2.75, 3.05) is 26.2 Å². The number of halogens is 2. The molecule has 1 fully saturated rings. The van der Waals surface area contributed by atoms with Crippen LogP contribution in [0.4, 0.5) is 0 Å². The predicted octanol–water partition coefficient (Wildman–Crippen LogP) is 4.31. The Hall–Kier alpha value is -1.67. The van der Waals surface area contributed by atoms with Crippen LogP contribution in [0.1, 0.15) is 15.2 Å². The molecule has 0 aliphatic carbocycles. The van der Waals surface area contributed by atoms with Gasteiger partial charge in [-0.2, -0.15) is 5.10 Å². The number of hydrogen-bond donors (Lipinski definition) is 0. The molecule has 27 heavy (non-hydrogen) atoms. The van der Waals surface area contributed by atoms with Gasteiger partial charge in [0.15, 0.2) is 0 Å². The van der Waals surface area contributed by atoms with Crippen LogP contribution >= 0.6 is 38.9 Å². The van der Waals surface area contributed by atoms with Crippen molar-refractivity contribution in [1.29, 1.82) is 0 Å². The summed E-state index contributed by atoms with van der Waals surface area (Å²) < 4.78 is 3.52. The van der Waals surface area contributed by atoms with Gasteiger partial charge in [-0.25, -0.2) is 4.68 Å². The Labute approximate surface area is 175 Å². The predicted molar refractivity (Wildman–Crippen MR) is 112 cm³/mol. The maximum atomic E-state index is 12.8. The number of carbonyl (C=O) groups is 1. The zero-order valence-corrected chi connectivity index (χ0v) is 17.7. The lowest BCUT2D eigenvalue weighted by Crippen LogP contribution is -2.48. The molecule has 3 aromatic rings. The number of thiophene rings is 1. The summed E-state index contributed by atoms with van der Waals surface area (Å²) in [5.41, 5.74) is 1.64. The van der Waals surface area contributed by atoms with E-state index in [1.54, 1.807) is 22.2 Å². The Bertz CT molecular complexity index is 931. The van der Waals surface area contributed by atoms with Crippen LogP contribution in [0, 0.1) is 0 Å². The Morgan fingerprint density at radius 1 is 1.11 bits per heavy atom. The Kier molecular flexibility index (Phi) is 5.63. The number of piperazine rings is 1. The van der Waals surface area contributed by atoms with E-state index in [9.17, 15) is 4.79 Å². The summed E-state index contributed by atoms with van der Waals surface area (Å²) in [4.78, 5) is 18.3. The van der Waals surface area contributed by atoms with Crippen molar-refractivity contribution in [3.63, 3.8) is 0 Å². The van der Waals surface area contributed by atoms with Gasteiger partial charge in [0, 0.05) is 49.4 Å². The van der Waals surface area contributed by atoms with Crippen molar-refractivity contribution in [2.24, 2.45) is 0 Å². The number of benzene rings is 1. The first-order chi connectivity index (χ1) is 13.1. The molecule has 0 bridgehead atoms. The molecular formula is C19H18BrClN4OS. The van der Waals surface area contributed by atoms with Gasteiger partial charge in [-0.15, -0.1) is 11.3 Å². The molecule has 0 unspecified atom stereocenters. The van der Waals surface area contributed by atoms with Crippen molar-refractivity contribution in [3.05, 3.63) is 68.0 Å². The van der Waals surface area contributed by atoms with Crippen LogP contribution in [0.3, 0.4) is 0 Å². The molecule has 1 aromatic carbocycles. The highest BCUT2D eigenvalue weighted by atomic mass is 79.9. The minimum absolute atomic E-state index is 0.0852. The van der Waals surface area contributed by atoms with Gasteiger partial charge in [0.25, 0.3) is 5.91 Å². The molecule has 0 N–H and O–H groups in total. The average Bonchev–Trinajstić information content (AvgIpc) is 3.30. The number of hydrogen-bond acceptors (Lipinski definition) is 4. The van der Waals surface area contributed by atoms with Gasteiger partial charge in [-0.1, -0.05) is 11.6 Å². The largest absolute Gasteiger partial charge is 0.336 e. The first kappa shape index (κ1) is 18.7. The lowest BCUT2D eigenvalue weighted by Gasteiger charge is -2.34. The van der Waals surface area contributed by atoms with Crippen molar-refractivity contribution in [3.8, 4) is 5.69 Å². The molecule has 5 nitrogen and oxygen atoms in total. The van der Waals surface area contributed by atoms with E-state index in [0.717, 1.165) is 47.2 Å². The molecule has 0 radical (unpaired) electrons. The van der Waals surface area contributed by atoms with Crippen molar-refractivity contribution < 1.29 is 4.79 Å². The van der Waals surface area contributed by atoms with Gasteiger partial charge in [-0.3, -0.25) is 9.69 Å². The molecule has 0 atom stereocenters. The third kappa shape index (κ3) is 4.43. The number of carbonyl (C=O) groups excluding carboxylic acids is 1. The lowest BCUT2D eigenvalue weighted by molar-refractivity contribution is 0.0629. The lowest BCUT2D eigenvalue weighted by atomic mass is 10.1. The average molecular weight is 466 g/mol. The van der Waals surface area contributed by atoms with Crippen LogP contribution < -0.4 is 0 Å². The Morgan fingerprint density at radius 3 is 2.44 bits per heavy atom. The summed E-state index contributed by atoms with van der Waals surface area (Å²) in [6.07, 6.45) is 3.62. The third-order valence-electron chi connectivity index (χ3n) is 4.60. The fourth-order valence-corrected chi connectivity index (χ4v) is 4.56. The van der Waals surface area contributed by atoms with Crippen LogP contribution in [0.5, 0.6) is 0 Å². The summed E-state index contributed by atoms with van der Waals surface area (Å²) in [5.74, 6) is 0.0852. The maximum absolute atomic E-state index is 12.8. The molecule has 1 aliphatic rings. The first-order valence-corrected chi connectivity index (χ1v) is 10.6. The highest BCUT2D eigenvalue weighted by Crippen LogP contribution is 2.23. The summed E-state index contributed by atoms with van der Waals surface area (Å²) in [7, 11) is 0. The van der Waals surface area contributed by atoms with Gasteiger partial charge < -0.3 is 4.90 Å². The van der Waals surface area contributed by atoms with Gasteiger partial charge in [0.05, 0.1) is 20.7 Å². The van der Waals surface area contributed by atoms with Gasteiger partial charge in [0.1, 0.15) is 0 Å². The monoisotopic (exact) mass is 464 g/mol. The number of nitrogens with zero attached hydrogens (tertiary/aromatic N) is 4. The molecule has 0 saturated carbocycles. The standard InChI is InChI=1S/C19H18BrClN4OS/c20-15-11-22-25(12-15)16-3-1-14(2-4-16)19(26)24-9-7-23(8-10-24)13-17-5-6-18(21)27-17/h1-6,11-12H,7-10,13H2. The van der Waals surface area contributed by atoms with Crippen LogP contribution in [0.25, 0.3) is 5.69 Å². The van der Waals surface area contributed by atoms with E-state index < -0.39 is 0 Å². The minimum Gasteiger partial charge on any atom is -0.336 e. The summed E-state index contributed by atoms with van der Waals surface area (Å²) in [6, 6.07) is 11.6. The van der Waals surface area contributed by atoms with Crippen molar-refractivity contribution in [1.82, 2.24) is 19.6 Å². The van der Waals surface area contributed by atoms with Gasteiger partial charge in [0.2, 0.25) is 0 Å². The van der Waals surface area contributed by atoms with Crippen molar-refractivity contribution in [2.45, 2.75) is 6.54 Å². The van der Waals surface area contributed by atoms with Gasteiger partial charge in [-0.05, 0) is 52.3 Å². The summed E-state index contributed by atoms with van der Waals surface area (Å²) in [6.45, 7) is 4.13. The molecule has 2 aromatic heterocycles. The van der Waals surface area contributed by atoms with E-state index in [0.29, 0.717) is 5.56 Å². The fourth-order valence-electron chi connectivity index (χ4n) is 3.15. The van der Waals surface area contributed by atoms with E-state index in [2.05, 4.69) is 32.0 Å². The molecule has 1 saturated heterocycles. The molecule has 1 aliphatic heterocycles. The summed E-state index contributed by atoms with van der Waals surface area (Å²) in [5, 5.41) is 4.26. The molecule has 4 rings (SSSR count). The number of amides is 1. The van der Waals surface area contributed by atoms with Gasteiger partial charge >= 0.3 is 0 Å². The molecule has 8 heteroatoms. The SMILES string of the molecule is O=C(c1ccc(-n2cc(Br)cn2)cc1)N1CCN(Cc2ccc(Cl)s2)CC1. The Morgan fingerprint density at radius 2 is 1.85 bits per heavy atom. The zero-order chi connectivity index (χ0) is 18.8. The highest BCUT2D eigenvalue weighted by molar-refractivity contribution is 9.10. The van der Waals surface area contributed by atoms with Crippen LogP contribution in [-0.2, 0) is 6.54 Å². The fraction of sp³-hybridized carbons (Fsp3) is 0.263. The first-order valence-electron chi connectivity index (χ1n) is 8.65. The highest BCUT2D eigenvalue weighted by Gasteiger charge is 2.22. The smallest absolute Gasteiger partial charge is 0.253 e. The zero-order valence-electron chi connectivity index (χ0n) is 14.5. The normalized spacial score (nSPS) is 15.3. The molecule has 0 spiro atoms. The van der Waals surface area contributed by atoms with E-state index in [4.69, 9.17) is 11.6 Å². The van der Waals surface area contributed by atoms with E-state index >= 15 is 0 Å². The second-order valence-corrected chi connectivity index (χ2v) is 9.14. The quantitative estimate of drug-likeness (QED) is 0.577. The van der Waals surface area contributed by atoms with E-state index in [1.807, 2.05) is 41.4 Å². The molecule has 3 heterocycles. The topological polar surface area (TPSA) is 41.4 Å². The van der Waals surface area contributed by atoms with E-state index in [-0.39, 0.29) is 5.91 Å². The second kappa shape index (κ2) is 8.14. The minimum atomic E-state index is 0.0852. The molecular weight excluding hydrogens is 448 g/mol. The van der Waals surface area contributed by atoms with Crippen molar-refractivity contribution >= 4 is 44.8 Å². The molecule has 140 valence electrons. The second-order valence-electron chi connectivity index (χ2n) is 6.42. The summed E-state index contributed by atoms with van der Waals surface area (Å²) >= 11 is 11.0. The third-order valence-corrected chi connectivity index (χ3v) is 6.22. The Balaban J connectivity index is 1.35.